The first-order valence-corrected chi connectivity index (χ1v) is 6.80. The van der Waals surface area contributed by atoms with Crippen molar-refractivity contribution in [2.75, 3.05) is 6.54 Å². The summed E-state index contributed by atoms with van der Waals surface area (Å²) in [4.78, 5) is 23.7. The molecule has 0 unspecified atom stereocenters. The average Bonchev–Trinajstić information content (AvgIpc) is 3.18. The molecule has 3 aromatic rings. The third-order valence-corrected chi connectivity index (χ3v) is 3.18. The predicted molar refractivity (Wildman–Crippen MR) is 81.2 cm³/mol. The number of amides is 1. The van der Waals surface area contributed by atoms with Crippen molar-refractivity contribution >= 4 is 23.0 Å². The molecule has 0 aliphatic carbocycles. The minimum Gasteiger partial charge on any atom is -0.465 e. The average molecular weight is 298 g/mol. The second-order valence-electron chi connectivity index (χ2n) is 4.66. The van der Waals surface area contributed by atoms with Crippen LogP contribution in [-0.4, -0.2) is 17.0 Å². The summed E-state index contributed by atoms with van der Waals surface area (Å²) in [6.07, 6.45) is 7.67. The van der Waals surface area contributed by atoms with Crippen molar-refractivity contribution in [3.05, 3.63) is 65.2 Å². The molecule has 1 amide bonds. The lowest BCUT2D eigenvalue weighted by Crippen LogP contribution is -2.29. The van der Waals surface area contributed by atoms with Crippen LogP contribution in [0.3, 0.4) is 0 Å². The first-order chi connectivity index (χ1) is 10.7. The van der Waals surface area contributed by atoms with Gasteiger partial charge in [-0.3, -0.25) is 9.59 Å². The number of carbonyl (C=O) groups excluding carboxylic acids is 1. The van der Waals surface area contributed by atoms with E-state index >= 15 is 0 Å². The first kappa shape index (κ1) is 13.9. The third kappa shape index (κ3) is 3.01. The molecule has 3 heterocycles. The molecule has 6 nitrogen and oxygen atoms in total. The smallest absolute Gasteiger partial charge is 0.294 e. The molecule has 0 aliphatic heterocycles. The largest absolute Gasteiger partial charge is 0.465 e. The zero-order chi connectivity index (χ0) is 15.4. The van der Waals surface area contributed by atoms with Gasteiger partial charge in [0.15, 0.2) is 5.58 Å². The van der Waals surface area contributed by atoms with E-state index in [1.807, 2.05) is 0 Å². The topological polar surface area (TPSA) is 77.4 Å². The molecule has 0 spiro atoms. The predicted octanol–water partition coefficient (Wildman–Crippen LogP) is 2.02. The van der Waals surface area contributed by atoms with E-state index in [1.165, 1.54) is 23.2 Å². The van der Waals surface area contributed by atoms with Crippen molar-refractivity contribution in [1.29, 1.82) is 0 Å². The summed E-state index contributed by atoms with van der Waals surface area (Å²) >= 11 is 0. The molecule has 112 valence electrons. The fraction of sp³-hybridized carbons (Fsp3) is 0.125. The third-order valence-electron chi connectivity index (χ3n) is 3.18. The van der Waals surface area contributed by atoms with E-state index in [4.69, 9.17) is 8.83 Å². The minimum absolute atomic E-state index is 0.206. The Morgan fingerprint density at radius 1 is 1.23 bits per heavy atom. The summed E-state index contributed by atoms with van der Waals surface area (Å²) in [6.45, 7) is 0.712. The number of pyridine rings is 1. The van der Waals surface area contributed by atoms with Crippen LogP contribution in [0.4, 0.5) is 0 Å². The van der Waals surface area contributed by atoms with Crippen molar-refractivity contribution < 1.29 is 13.6 Å². The maximum atomic E-state index is 12.1. The monoisotopic (exact) mass is 298 g/mol. The van der Waals surface area contributed by atoms with E-state index < -0.39 is 0 Å². The Bertz CT molecular complexity index is 856. The van der Waals surface area contributed by atoms with Crippen molar-refractivity contribution in [1.82, 2.24) is 9.88 Å². The van der Waals surface area contributed by atoms with Gasteiger partial charge in [0.1, 0.15) is 5.76 Å². The molecule has 0 bridgehead atoms. The Morgan fingerprint density at radius 2 is 2.14 bits per heavy atom. The number of aromatic nitrogens is 1. The summed E-state index contributed by atoms with van der Waals surface area (Å²) in [7, 11) is 0. The highest BCUT2D eigenvalue weighted by molar-refractivity contribution is 5.91. The molecule has 1 N–H and O–H groups in total. The molecule has 0 fully saturated rings. The van der Waals surface area contributed by atoms with Gasteiger partial charge in [0.2, 0.25) is 5.91 Å². The molecule has 0 aliphatic rings. The van der Waals surface area contributed by atoms with Gasteiger partial charge in [0, 0.05) is 30.7 Å². The molecule has 22 heavy (non-hydrogen) atoms. The molecule has 0 aromatic carbocycles. The van der Waals surface area contributed by atoms with Gasteiger partial charge in [-0.05, 0) is 30.3 Å². The molecule has 3 aromatic heterocycles. The highest BCUT2D eigenvalue weighted by Gasteiger charge is 2.05. The van der Waals surface area contributed by atoms with Crippen LogP contribution in [0.25, 0.3) is 17.0 Å². The minimum atomic E-state index is -0.247. The summed E-state index contributed by atoms with van der Waals surface area (Å²) in [6, 6.07) is 7.04. The van der Waals surface area contributed by atoms with E-state index in [1.54, 1.807) is 36.5 Å². The SMILES string of the molecule is O=C(/C=C/c1ccco1)NCCn1ccc2ccoc2c1=O. The van der Waals surface area contributed by atoms with Gasteiger partial charge in [-0.25, -0.2) is 0 Å². The van der Waals surface area contributed by atoms with Crippen LogP contribution in [0.15, 0.2) is 62.7 Å². The Morgan fingerprint density at radius 3 is 2.95 bits per heavy atom. The number of rotatable bonds is 5. The second-order valence-corrected chi connectivity index (χ2v) is 4.66. The van der Waals surface area contributed by atoms with E-state index in [-0.39, 0.29) is 11.5 Å². The summed E-state index contributed by atoms with van der Waals surface area (Å²) in [5.74, 6) is 0.359. The number of fused-ring (bicyclic) bond motifs is 1. The van der Waals surface area contributed by atoms with Crippen LogP contribution in [0.1, 0.15) is 5.76 Å². The van der Waals surface area contributed by atoms with Crippen LogP contribution in [-0.2, 0) is 11.3 Å². The van der Waals surface area contributed by atoms with Gasteiger partial charge in [-0.2, -0.15) is 0 Å². The van der Waals surface area contributed by atoms with Crippen molar-refractivity contribution in [3.63, 3.8) is 0 Å². The van der Waals surface area contributed by atoms with E-state index in [9.17, 15) is 9.59 Å². The Balaban J connectivity index is 1.57. The molecule has 0 saturated carbocycles. The molecule has 0 atom stereocenters. The van der Waals surface area contributed by atoms with Crippen LogP contribution < -0.4 is 10.9 Å². The van der Waals surface area contributed by atoms with Crippen LogP contribution in [0.2, 0.25) is 0 Å². The fourth-order valence-corrected chi connectivity index (χ4v) is 2.07. The lowest BCUT2D eigenvalue weighted by atomic mass is 10.3. The quantitative estimate of drug-likeness (QED) is 0.731. The fourth-order valence-electron chi connectivity index (χ4n) is 2.07. The maximum Gasteiger partial charge on any atom is 0.294 e. The van der Waals surface area contributed by atoms with E-state index in [2.05, 4.69) is 5.32 Å². The van der Waals surface area contributed by atoms with Gasteiger partial charge in [0.05, 0.1) is 12.5 Å². The lowest BCUT2D eigenvalue weighted by Gasteiger charge is -2.05. The number of hydrogen-bond donors (Lipinski definition) is 1. The molecule has 0 radical (unpaired) electrons. The maximum absolute atomic E-state index is 12.1. The zero-order valence-corrected chi connectivity index (χ0v) is 11.7. The number of nitrogens with zero attached hydrogens (tertiary/aromatic N) is 1. The van der Waals surface area contributed by atoms with E-state index in [0.29, 0.717) is 24.4 Å². The van der Waals surface area contributed by atoms with Gasteiger partial charge in [-0.15, -0.1) is 0 Å². The highest BCUT2D eigenvalue weighted by atomic mass is 16.3. The highest BCUT2D eigenvalue weighted by Crippen LogP contribution is 2.09. The van der Waals surface area contributed by atoms with Gasteiger partial charge >= 0.3 is 0 Å². The lowest BCUT2D eigenvalue weighted by molar-refractivity contribution is -0.116. The standard InChI is InChI=1S/C16H14N2O4/c19-14(4-3-13-2-1-10-21-13)17-7-9-18-8-5-12-6-11-22-15(12)16(18)20/h1-6,8,10-11H,7,9H2,(H,17,19)/b4-3+. The molecule has 3 rings (SSSR count). The van der Waals surface area contributed by atoms with Crippen LogP contribution >= 0.6 is 0 Å². The van der Waals surface area contributed by atoms with Crippen LogP contribution in [0.5, 0.6) is 0 Å². The van der Waals surface area contributed by atoms with Crippen molar-refractivity contribution in [3.8, 4) is 0 Å². The number of furan rings is 2. The first-order valence-electron chi connectivity index (χ1n) is 6.80. The van der Waals surface area contributed by atoms with Crippen molar-refractivity contribution in [2.24, 2.45) is 0 Å². The molecule has 0 saturated heterocycles. The van der Waals surface area contributed by atoms with Crippen LogP contribution in [0, 0.1) is 0 Å². The second kappa shape index (κ2) is 6.17. The molecular weight excluding hydrogens is 284 g/mol. The molecule has 6 heteroatoms. The number of hydrogen-bond acceptors (Lipinski definition) is 4. The summed E-state index contributed by atoms with van der Waals surface area (Å²) in [5, 5.41) is 3.48. The number of nitrogens with one attached hydrogen (secondary N) is 1. The Labute approximate surface area is 125 Å². The normalized spacial score (nSPS) is 11.3. The molecular formula is C16H14N2O4. The zero-order valence-electron chi connectivity index (χ0n) is 11.7. The number of carbonyl (C=O) groups is 1. The van der Waals surface area contributed by atoms with E-state index in [0.717, 1.165) is 5.39 Å². The van der Waals surface area contributed by atoms with Gasteiger partial charge in [0.25, 0.3) is 5.56 Å². The summed E-state index contributed by atoms with van der Waals surface area (Å²) in [5.41, 5.74) is 0.120. The van der Waals surface area contributed by atoms with Crippen molar-refractivity contribution in [2.45, 2.75) is 6.54 Å². The van der Waals surface area contributed by atoms with Gasteiger partial charge in [-0.1, -0.05) is 0 Å². The summed E-state index contributed by atoms with van der Waals surface area (Å²) < 4.78 is 11.7. The Kier molecular flexibility index (Phi) is 3.91. The Hall–Kier alpha value is -3.02. The van der Waals surface area contributed by atoms with Gasteiger partial charge < -0.3 is 18.7 Å².